The molecule has 4 nitrogen and oxygen atoms in total. The van der Waals surface area contributed by atoms with Crippen molar-refractivity contribution in [2.24, 2.45) is 0 Å². The largest absolute Gasteiger partial charge is 0.455 e. The highest BCUT2D eigenvalue weighted by Gasteiger charge is 2.11. The standard InChI is InChI=1S/C14H7Cl2N3O/c15-9-3-8(6-17)4-10(5-9)20-14-11-7-18-19-13(11)2-1-12(14)16/h1-5,7H,(H,18,19). The van der Waals surface area contributed by atoms with E-state index in [0.717, 1.165) is 10.9 Å². The first kappa shape index (κ1) is 12.8. The van der Waals surface area contributed by atoms with Gasteiger partial charge in [-0.1, -0.05) is 23.2 Å². The number of aromatic amines is 1. The van der Waals surface area contributed by atoms with Gasteiger partial charge >= 0.3 is 0 Å². The molecule has 2 aromatic carbocycles. The van der Waals surface area contributed by atoms with E-state index in [4.69, 9.17) is 33.2 Å². The minimum atomic E-state index is 0.419. The number of halogens is 2. The first-order chi connectivity index (χ1) is 9.67. The molecule has 0 radical (unpaired) electrons. The molecule has 0 fully saturated rings. The summed E-state index contributed by atoms with van der Waals surface area (Å²) in [5.41, 5.74) is 1.23. The molecule has 6 heteroatoms. The average Bonchev–Trinajstić information content (AvgIpc) is 2.90. The van der Waals surface area contributed by atoms with E-state index in [1.165, 1.54) is 0 Å². The summed E-state index contributed by atoms with van der Waals surface area (Å²) in [6.45, 7) is 0. The maximum Gasteiger partial charge on any atom is 0.156 e. The normalized spacial score (nSPS) is 10.4. The van der Waals surface area contributed by atoms with E-state index in [0.29, 0.717) is 27.1 Å². The number of rotatable bonds is 2. The Morgan fingerprint density at radius 3 is 2.85 bits per heavy atom. The van der Waals surface area contributed by atoms with E-state index in [9.17, 15) is 0 Å². The number of nitrogens with one attached hydrogen (secondary N) is 1. The lowest BCUT2D eigenvalue weighted by atomic mass is 10.2. The van der Waals surface area contributed by atoms with Crippen LogP contribution in [0.15, 0.2) is 36.5 Å². The summed E-state index contributed by atoms with van der Waals surface area (Å²) in [6.07, 6.45) is 1.63. The third-order valence-corrected chi connectivity index (χ3v) is 3.26. The van der Waals surface area contributed by atoms with E-state index < -0.39 is 0 Å². The molecule has 0 aliphatic rings. The highest BCUT2D eigenvalue weighted by Crippen LogP contribution is 2.36. The smallest absolute Gasteiger partial charge is 0.156 e. The number of aromatic nitrogens is 2. The molecule has 98 valence electrons. The van der Waals surface area contributed by atoms with Gasteiger partial charge in [-0.15, -0.1) is 0 Å². The molecule has 0 saturated heterocycles. The van der Waals surface area contributed by atoms with Crippen molar-refractivity contribution in [2.75, 3.05) is 0 Å². The van der Waals surface area contributed by atoms with Gasteiger partial charge in [0.25, 0.3) is 0 Å². The zero-order valence-electron chi connectivity index (χ0n) is 10.0. The lowest BCUT2D eigenvalue weighted by Gasteiger charge is -2.09. The average molecular weight is 304 g/mol. The van der Waals surface area contributed by atoms with Crippen molar-refractivity contribution >= 4 is 34.1 Å². The van der Waals surface area contributed by atoms with Crippen LogP contribution in [0.1, 0.15) is 5.56 Å². The van der Waals surface area contributed by atoms with Gasteiger partial charge in [0.05, 0.1) is 33.8 Å². The van der Waals surface area contributed by atoms with Crippen molar-refractivity contribution in [3.8, 4) is 17.6 Å². The van der Waals surface area contributed by atoms with E-state index in [2.05, 4.69) is 10.2 Å². The fourth-order valence-corrected chi connectivity index (χ4v) is 2.30. The van der Waals surface area contributed by atoms with Gasteiger partial charge in [-0.2, -0.15) is 10.4 Å². The predicted octanol–water partition coefficient (Wildman–Crippen LogP) is 4.53. The number of hydrogen-bond acceptors (Lipinski definition) is 3. The number of nitriles is 1. The van der Waals surface area contributed by atoms with Gasteiger partial charge in [0, 0.05) is 5.02 Å². The molecule has 0 unspecified atom stereocenters. The third-order valence-electron chi connectivity index (χ3n) is 2.75. The Bertz CT molecular complexity index is 836. The van der Waals surface area contributed by atoms with Crippen LogP contribution >= 0.6 is 23.2 Å². The molecule has 20 heavy (non-hydrogen) atoms. The zero-order chi connectivity index (χ0) is 14.1. The van der Waals surface area contributed by atoms with Crippen LogP contribution in [0.4, 0.5) is 0 Å². The molecule has 3 aromatic rings. The van der Waals surface area contributed by atoms with Crippen molar-refractivity contribution < 1.29 is 4.74 Å². The minimum Gasteiger partial charge on any atom is -0.455 e. The number of hydrogen-bond donors (Lipinski definition) is 1. The quantitative estimate of drug-likeness (QED) is 0.756. The topological polar surface area (TPSA) is 61.7 Å². The van der Waals surface area contributed by atoms with Crippen LogP contribution < -0.4 is 4.74 Å². The van der Waals surface area contributed by atoms with Crippen LogP contribution in [0.5, 0.6) is 11.5 Å². The fraction of sp³-hybridized carbons (Fsp3) is 0. The van der Waals surface area contributed by atoms with E-state index in [1.54, 1.807) is 30.5 Å². The predicted molar refractivity (Wildman–Crippen MR) is 77.3 cm³/mol. The number of benzene rings is 2. The summed E-state index contributed by atoms with van der Waals surface area (Å²) in [6, 6.07) is 10.3. The molecule has 0 amide bonds. The SMILES string of the molecule is N#Cc1cc(Cl)cc(Oc2c(Cl)ccc3[nH]ncc23)c1. The van der Waals surface area contributed by atoms with E-state index in [-0.39, 0.29) is 0 Å². The molecule has 0 aliphatic heterocycles. The fourth-order valence-electron chi connectivity index (χ4n) is 1.87. The number of H-pyrrole nitrogens is 1. The lowest BCUT2D eigenvalue weighted by molar-refractivity contribution is 0.488. The lowest BCUT2D eigenvalue weighted by Crippen LogP contribution is -1.88. The first-order valence-corrected chi connectivity index (χ1v) is 6.43. The van der Waals surface area contributed by atoms with Crippen molar-refractivity contribution in [2.45, 2.75) is 0 Å². The second-order valence-corrected chi connectivity index (χ2v) is 4.94. The van der Waals surface area contributed by atoms with Crippen molar-refractivity contribution in [1.82, 2.24) is 10.2 Å². The Labute approximate surface area is 124 Å². The number of nitrogens with zero attached hydrogens (tertiary/aromatic N) is 2. The monoisotopic (exact) mass is 303 g/mol. The Morgan fingerprint density at radius 2 is 2.05 bits per heavy atom. The molecule has 0 spiro atoms. The molecule has 0 atom stereocenters. The van der Waals surface area contributed by atoms with Gasteiger partial charge < -0.3 is 4.74 Å². The van der Waals surface area contributed by atoms with Gasteiger partial charge in [-0.25, -0.2) is 0 Å². The van der Waals surface area contributed by atoms with Gasteiger partial charge in [-0.3, -0.25) is 5.10 Å². The van der Waals surface area contributed by atoms with E-state index >= 15 is 0 Å². The molecular weight excluding hydrogens is 297 g/mol. The third kappa shape index (κ3) is 2.29. The molecule has 1 heterocycles. The molecular formula is C14H7Cl2N3O. The highest BCUT2D eigenvalue weighted by molar-refractivity contribution is 6.33. The summed E-state index contributed by atoms with van der Waals surface area (Å²) >= 11 is 12.1. The Hall–Kier alpha value is -2.22. The summed E-state index contributed by atoms with van der Waals surface area (Å²) in [5.74, 6) is 0.925. The maximum atomic E-state index is 8.94. The van der Waals surface area contributed by atoms with Crippen LogP contribution in [0.2, 0.25) is 10.0 Å². The summed E-state index contributed by atoms with van der Waals surface area (Å²) in [5, 5.41) is 17.4. The summed E-state index contributed by atoms with van der Waals surface area (Å²) < 4.78 is 5.78. The van der Waals surface area contributed by atoms with Crippen LogP contribution in [0.3, 0.4) is 0 Å². The van der Waals surface area contributed by atoms with Crippen molar-refractivity contribution in [1.29, 1.82) is 5.26 Å². The van der Waals surface area contributed by atoms with Crippen LogP contribution in [0.25, 0.3) is 10.9 Å². The van der Waals surface area contributed by atoms with Crippen molar-refractivity contribution in [3.05, 3.63) is 52.1 Å². The second kappa shape index (κ2) is 5.04. The Balaban J connectivity index is 2.10. The zero-order valence-corrected chi connectivity index (χ0v) is 11.5. The van der Waals surface area contributed by atoms with Gasteiger partial charge in [0.15, 0.2) is 5.75 Å². The van der Waals surface area contributed by atoms with Crippen LogP contribution in [-0.2, 0) is 0 Å². The Kier molecular flexibility index (Phi) is 3.23. The molecule has 3 rings (SSSR count). The maximum absolute atomic E-state index is 8.94. The Morgan fingerprint density at radius 1 is 1.20 bits per heavy atom. The summed E-state index contributed by atoms with van der Waals surface area (Å²) in [4.78, 5) is 0. The molecule has 0 aliphatic carbocycles. The van der Waals surface area contributed by atoms with Crippen LogP contribution in [0, 0.1) is 11.3 Å². The molecule has 1 aromatic heterocycles. The highest BCUT2D eigenvalue weighted by atomic mass is 35.5. The van der Waals surface area contributed by atoms with E-state index in [1.807, 2.05) is 12.1 Å². The van der Waals surface area contributed by atoms with Crippen LogP contribution in [-0.4, -0.2) is 10.2 Å². The second-order valence-electron chi connectivity index (χ2n) is 4.10. The molecule has 1 N–H and O–H groups in total. The first-order valence-electron chi connectivity index (χ1n) is 5.67. The molecule has 0 saturated carbocycles. The molecule has 0 bridgehead atoms. The minimum absolute atomic E-state index is 0.419. The number of ether oxygens (including phenoxy) is 1. The van der Waals surface area contributed by atoms with Gasteiger partial charge in [0.2, 0.25) is 0 Å². The summed E-state index contributed by atoms with van der Waals surface area (Å²) in [7, 11) is 0. The number of fused-ring (bicyclic) bond motifs is 1. The van der Waals surface area contributed by atoms with Crippen molar-refractivity contribution in [3.63, 3.8) is 0 Å². The van der Waals surface area contributed by atoms with Gasteiger partial charge in [0.1, 0.15) is 5.75 Å². The van der Waals surface area contributed by atoms with Gasteiger partial charge in [-0.05, 0) is 30.3 Å².